The quantitative estimate of drug-likeness (QED) is 0.345. The molecule has 2 aliphatic heterocycles. The first-order valence-electron chi connectivity index (χ1n) is 12.6. The summed E-state index contributed by atoms with van der Waals surface area (Å²) in [6.07, 6.45) is 3.59. The van der Waals surface area contributed by atoms with Gasteiger partial charge in [-0.05, 0) is 71.5 Å². The van der Waals surface area contributed by atoms with Crippen molar-refractivity contribution >= 4 is 5.71 Å². The minimum Gasteiger partial charge on any atom is -0.492 e. The Morgan fingerprint density at radius 2 is 1.97 bits per heavy atom. The van der Waals surface area contributed by atoms with Crippen LogP contribution in [0, 0.1) is 0 Å². The van der Waals surface area contributed by atoms with E-state index in [1.807, 2.05) is 0 Å². The summed E-state index contributed by atoms with van der Waals surface area (Å²) in [7, 11) is 3.82. The van der Waals surface area contributed by atoms with Gasteiger partial charge in [-0.1, -0.05) is 45.8 Å². The van der Waals surface area contributed by atoms with E-state index < -0.39 is 0 Å². The minimum absolute atomic E-state index is 0.00163. The molecule has 0 saturated carbocycles. The van der Waals surface area contributed by atoms with Gasteiger partial charge in [0.15, 0.2) is 11.5 Å². The maximum atomic E-state index is 10.4. The first-order chi connectivity index (χ1) is 16.5. The first kappa shape index (κ1) is 24.0. The van der Waals surface area contributed by atoms with Gasteiger partial charge in [0.1, 0.15) is 0 Å². The molecular formula is C29H38N2O4. The smallest absolute Gasteiger partial charge is 0.231 e. The van der Waals surface area contributed by atoms with Gasteiger partial charge < -0.3 is 19.4 Å². The highest BCUT2D eigenvalue weighted by molar-refractivity contribution is 6.02. The molecule has 3 aliphatic rings. The molecule has 0 aromatic heterocycles. The highest BCUT2D eigenvalue weighted by atomic mass is 16.7. The summed E-state index contributed by atoms with van der Waals surface area (Å²) >= 11 is 0. The summed E-state index contributed by atoms with van der Waals surface area (Å²) in [5.74, 6) is 2.16. The van der Waals surface area contributed by atoms with Gasteiger partial charge in [-0.25, -0.2) is 0 Å². The van der Waals surface area contributed by atoms with Crippen molar-refractivity contribution in [3.05, 3.63) is 51.6 Å². The molecule has 0 radical (unpaired) electrons. The van der Waals surface area contributed by atoms with Crippen molar-refractivity contribution in [2.24, 2.45) is 5.16 Å². The Labute approximate surface area is 208 Å². The van der Waals surface area contributed by atoms with Crippen LogP contribution in [-0.2, 0) is 23.7 Å². The molecule has 188 valence electrons. The Morgan fingerprint density at radius 1 is 1.20 bits per heavy atom. The molecule has 0 saturated heterocycles. The second-order valence-corrected chi connectivity index (χ2v) is 11.9. The average Bonchev–Trinajstić information content (AvgIpc) is 3.40. The lowest BCUT2D eigenvalue weighted by atomic mass is 9.78. The van der Waals surface area contributed by atoms with Crippen LogP contribution >= 0.6 is 0 Å². The van der Waals surface area contributed by atoms with Crippen LogP contribution in [0.2, 0.25) is 0 Å². The number of hydrogen-bond acceptors (Lipinski definition) is 6. The van der Waals surface area contributed by atoms with Crippen molar-refractivity contribution in [2.75, 3.05) is 27.5 Å². The number of hydrogen-bond donors (Lipinski definition) is 1. The number of ether oxygens (including phenoxy) is 3. The van der Waals surface area contributed by atoms with E-state index in [2.05, 4.69) is 69.9 Å². The van der Waals surface area contributed by atoms with Crippen LogP contribution in [0.5, 0.6) is 17.2 Å². The monoisotopic (exact) mass is 478 g/mol. The van der Waals surface area contributed by atoms with E-state index in [-0.39, 0.29) is 23.7 Å². The zero-order valence-electron chi connectivity index (χ0n) is 22.1. The van der Waals surface area contributed by atoms with E-state index in [9.17, 15) is 5.21 Å². The molecule has 35 heavy (non-hydrogen) atoms. The highest BCUT2D eigenvalue weighted by Crippen LogP contribution is 2.50. The largest absolute Gasteiger partial charge is 0.492 e. The minimum atomic E-state index is -0.00236. The van der Waals surface area contributed by atoms with Crippen LogP contribution in [0.4, 0.5) is 0 Å². The van der Waals surface area contributed by atoms with Gasteiger partial charge in [0.05, 0.1) is 12.8 Å². The maximum absolute atomic E-state index is 10.4. The molecule has 2 aromatic carbocycles. The number of rotatable bonds is 4. The number of nitrogens with zero attached hydrogens (tertiary/aromatic N) is 2. The van der Waals surface area contributed by atoms with E-state index >= 15 is 0 Å². The van der Waals surface area contributed by atoms with E-state index in [0.29, 0.717) is 12.2 Å². The van der Waals surface area contributed by atoms with Crippen molar-refractivity contribution < 1.29 is 19.4 Å². The van der Waals surface area contributed by atoms with Crippen LogP contribution in [0.1, 0.15) is 86.9 Å². The molecule has 0 unspecified atom stereocenters. The Morgan fingerprint density at radius 3 is 2.66 bits per heavy atom. The van der Waals surface area contributed by atoms with E-state index in [0.717, 1.165) is 54.1 Å². The zero-order valence-corrected chi connectivity index (χ0v) is 22.1. The van der Waals surface area contributed by atoms with Gasteiger partial charge in [0, 0.05) is 30.1 Å². The van der Waals surface area contributed by atoms with Crippen LogP contribution in [0.25, 0.3) is 0 Å². The first-order valence-corrected chi connectivity index (χ1v) is 12.6. The molecule has 1 aliphatic carbocycles. The number of benzene rings is 2. The predicted molar refractivity (Wildman–Crippen MR) is 138 cm³/mol. The fourth-order valence-corrected chi connectivity index (χ4v) is 5.98. The van der Waals surface area contributed by atoms with Gasteiger partial charge in [0.2, 0.25) is 12.5 Å². The summed E-state index contributed by atoms with van der Waals surface area (Å²) in [6.45, 7) is 12.5. The van der Waals surface area contributed by atoms with Crippen LogP contribution in [-0.4, -0.2) is 43.3 Å². The molecule has 2 aromatic rings. The van der Waals surface area contributed by atoms with Crippen molar-refractivity contribution in [1.82, 2.24) is 4.90 Å². The van der Waals surface area contributed by atoms with Gasteiger partial charge in [-0.2, -0.15) is 0 Å². The molecule has 0 bridgehead atoms. The molecule has 0 amide bonds. The zero-order chi connectivity index (χ0) is 25.1. The molecule has 1 atom stereocenters. The topological polar surface area (TPSA) is 63.5 Å². The van der Waals surface area contributed by atoms with Crippen molar-refractivity contribution in [1.29, 1.82) is 0 Å². The van der Waals surface area contributed by atoms with Gasteiger partial charge >= 0.3 is 0 Å². The van der Waals surface area contributed by atoms with E-state index in [4.69, 9.17) is 14.2 Å². The summed E-state index contributed by atoms with van der Waals surface area (Å²) in [5, 5.41) is 14.3. The van der Waals surface area contributed by atoms with Gasteiger partial charge in [0.25, 0.3) is 0 Å². The third-order valence-electron chi connectivity index (χ3n) is 8.21. The lowest BCUT2D eigenvalue weighted by Gasteiger charge is -2.36. The summed E-state index contributed by atoms with van der Waals surface area (Å²) < 4.78 is 17.3. The van der Waals surface area contributed by atoms with Crippen molar-refractivity contribution in [2.45, 2.75) is 77.2 Å². The Balaban J connectivity index is 1.61. The van der Waals surface area contributed by atoms with E-state index in [1.54, 1.807) is 7.11 Å². The maximum Gasteiger partial charge on any atom is 0.231 e. The summed E-state index contributed by atoms with van der Waals surface area (Å²) in [4.78, 5) is 2.33. The van der Waals surface area contributed by atoms with Gasteiger partial charge in [-0.15, -0.1) is 0 Å². The lowest BCUT2D eigenvalue weighted by molar-refractivity contribution is 0.170. The summed E-state index contributed by atoms with van der Waals surface area (Å²) in [5.41, 5.74) is 8.24. The molecule has 2 heterocycles. The molecule has 0 fully saturated rings. The van der Waals surface area contributed by atoms with Crippen molar-refractivity contribution in [3.63, 3.8) is 0 Å². The SMILES string of the molecule is COc1c2c(cc3c1[C@H](CC(=NO)c1cc(C(C)(C)C)cc4c1CCC4(C)C)N(C)CC3)OCO2. The van der Waals surface area contributed by atoms with Crippen molar-refractivity contribution in [3.8, 4) is 17.2 Å². The fraction of sp³-hybridized carbons (Fsp3) is 0.552. The highest BCUT2D eigenvalue weighted by Gasteiger charge is 2.37. The Bertz CT molecular complexity index is 1190. The average molecular weight is 479 g/mol. The van der Waals surface area contributed by atoms with Gasteiger partial charge in [-0.3, -0.25) is 4.90 Å². The third kappa shape index (κ3) is 3.96. The van der Waals surface area contributed by atoms with E-state index in [1.165, 1.54) is 22.3 Å². The standard InChI is InChI=1S/C29H38N2O4/c1-28(2,3)18-13-20(19-8-10-29(4,5)21(19)14-18)22(30-32)15-23-25-17(9-11-31(23)6)12-24-26(27(25)33-7)35-16-34-24/h12-14,23,32H,8-11,15-16H2,1-7H3/t23-/m0/s1. The number of fused-ring (bicyclic) bond motifs is 3. The Hall–Kier alpha value is -2.73. The fourth-order valence-electron chi connectivity index (χ4n) is 5.98. The van der Waals surface area contributed by atoms with Crippen LogP contribution < -0.4 is 14.2 Å². The molecule has 1 N–H and O–H groups in total. The lowest BCUT2D eigenvalue weighted by Crippen LogP contribution is -2.34. The number of oxime groups is 1. The van der Waals surface area contributed by atoms with Crippen LogP contribution in [0.15, 0.2) is 23.4 Å². The normalized spacial score (nSPS) is 21.1. The Kier molecular flexibility index (Phi) is 5.78. The predicted octanol–water partition coefficient (Wildman–Crippen LogP) is 5.74. The second-order valence-electron chi connectivity index (χ2n) is 11.9. The summed E-state index contributed by atoms with van der Waals surface area (Å²) in [6, 6.07) is 6.73. The molecular weight excluding hydrogens is 440 g/mol. The van der Waals surface area contributed by atoms with Crippen LogP contribution in [0.3, 0.4) is 0 Å². The second kappa shape index (κ2) is 8.44. The number of likely N-dealkylation sites (N-methyl/N-ethyl adjacent to an activating group) is 1. The molecule has 5 rings (SSSR count). The molecule has 6 nitrogen and oxygen atoms in total. The number of methoxy groups -OCH3 is 1. The molecule has 6 heteroatoms. The molecule has 0 spiro atoms. The third-order valence-corrected chi connectivity index (χ3v) is 8.21.